The predicted octanol–water partition coefficient (Wildman–Crippen LogP) is 0.868. The molecule has 0 unspecified atom stereocenters. The minimum absolute atomic E-state index is 0.355. The maximum Gasteiger partial charge on any atom is 0.265 e. The van der Waals surface area contributed by atoms with Gasteiger partial charge in [0.2, 0.25) is 10.0 Å². The summed E-state index contributed by atoms with van der Waals surface area (Å²) in [6, 6.07) is 6.97. The summed E-state index contributed by atoms with van der Waals surface area (Å²) in [4.78, 5) is 11.8. The van der Waals surface area contributed by atoms with Gasteiger partial charge >= 0.3 is 0 Å². The predicted molar refractivity (Wildman–Crippen MR) is 65.2 cm³/mol. The van der Waals surface area contributed by atoms with Crippen LogP contribution in [0.1, 0.15) is 10.4 Å². The molecular weight excluding hydrogens is 240 g/mol. The Morgan fingerprint density at radius 2 is 2.00 bits per heavy atom. The average Bonchev–Trinajstić information content (AvgIpc) is 2.58. The molecule has 0 atom stereocenters. The molecule has 2 rings (SSSR count). The number of amides is 1. The Bertz CT molecular complexity index is 686. The first-order valence-corrected chi connectivity index (χ1v) is 6.84. The molecular formula is C11H12N2O3S. The fourth-order valence-electron chi connectivity index (χ4n) is 1.72. The third-order valence-electron chi connectivity index (χ3n) is 2.45. The second-order valence-corrected chi connectivity index (χ2v) is 5.62. The number of carbonyl (C=O) groups is 1. The monoisotopic (exact) mass is 252 g/mol. The lowest BCUT2D eigenvalue weighted by Gasteiger charge is -2.04. The standard InChI is InChI=1S/C11H12N2O3S/c1-13-7-6-8-9(4-3-5-10(8)13)11(14)12-17(2,15)16/h3-7H,1-2H3,(H,12,14). The van der Waals surface area contributed by atoms with Gasteiger partial charge < -0.3 is 4.57 Å². The van der Waals surface area contributed by atoms with Crippen LogP contribution in [-0.2, 0) is 17.1 Å². The van der Waals surface area contributed by atoms with E-state index in [9.17, 15) is 13.2 Å². The summed E-state index contributed by atoms with van der Waals surface area (Å²) in [7, 11) is -1.68. The van der Waals surface area contributed by atoms with Crippen LogP contribution in [0.25, 0.3) is 10.9 Å². The molecule has 1 N–H and O–H groups in total. The number of rotatable bonds is 2. The SMILES string of the molecule is Cn1ccc2c(C(=O)NS(C)(=O)=O)cccc21. The number of aromatic nitrogens is 1. The summed E-state index contributed by atoms with van der Waals surface area (Å²) in [6.07, 6.45) is 2.78. The summed E-state index contributed by atoms with van der Waals surface area (Å²) in [6.45, 7) is 0. The Balaban J connectivity index is 2.53. The van der Waals surface area contributed by atoms with Crippen LogP contribution < -0.4 is 4.72 Å². The van der Waals surface area contributed by atoms with Gasteiger partial charge in [-0.3, -0.25) is 4.79 Å². The van der Waals surface area contributed by atoms with E-state index in [4.69, 9.17) is 0 Å². The van der Waals surface area contributed by atoms with E-state index in [2.05, 4.69) is 0 Å². The van der Waals surface area contributed by atoms with E-state index in [0.29, 0.717) is 5.56 Å². The molecule has 5 nitrogen and oxygen atoms in total. The zero-order valence-electron chi connectivity index (χ0n) is 9.47. The van der Waals surface area contributed by atoms with Gasteiger partial charge in [0.1, 0.15) is 0 Å². The fourth-order valence-corrected chi connectivity index (χ4v) is 2.17. The summed E-state index contributed by atoms with van der Waals surface area (Å²) in [5, 5.41) is 0.733. The smallest absolute Gasteiger partial charge is 0.265 e. The van der Waals surface area contributed by atoms with Crippen LogP contribution in [0, 0.1) is 0 Å². The molecule has 6 heteroatoms. The largest absolute Gasteiger partial charge is 0.351 e. The molecule has 0 radical (unpaired) electrons. The van der Waals surface area contributed by atoms with E-state index < -0.39 is 15.9 Å². The van der Waals surface area contributed by atoms with Gasteiger partial charge in [-0.25, -0.2) is 13.1 Å². The summed E-state index contributed by atoms with van der Waals surface area (Å²) in [5.74, 6) is -0.607. The quantitative estimate of drug-likeness (QED) is 0.862. The number of hydrogen-bond acceptors (Lipinski definition) is 3. The molecule has 0 saturated carbocycles. The lowest BCUT2D eigenvalue weighted by Crippen LogP contribution is -2.29. The average molecular weight is 252 g/mol. The van der Waals surface area contributed by atoms with Crippen molar-refractivity contribution >= 4 is 26.8 Å². The summed E-state index contributed by atoms with van der Waals surface area (Å²) < 4.78 is 25.9. The van der Waals surface area contributed by atoms with Crippen LogP contribution >= 0.6 is 0 Å². The van der Waals surface area contributed by atoms with Gasteiger partial charge in [-0.15, -0.1) is 0 Å². The topological polar surface area (TPSA) is 68.2 Å². The van der Waals surface area contributed by atoms with Crippen LogP contribution in [0.15, 0.2) is 30.5 Å². The Morgan fingerprint density at radius 3 is 2.65 bits per heavy atom. The molecule has 1 aromatic heterocycles. The van der Waals surface area contributed by atoms with E-state index >= 15 is 0 Å². The first kappa shape index (κ1) is 11.7. The van der Waals surface area contributed by atoms with Gasteiger partial charge in [0.05, 0.1) is 6.26 Å². The molecule has 0 bridgehead atoms. The van der Waals surface area contributed by atoms with Crippen LogP contribution in [-0.4, -0.2) is 25.1 Å². The molecule has 0 aliphatic heterocycles. The second kappa shape index (κ2) is 3.89. The van der Waals surface area contributed by atoms with Crippen LogP contribution in [0.4, 0.5) is 0 Å². The highest BCUT2D eigenvalue weighted by Crippen LogP contribution is 2.19. The van der Waals surface area contributed by atoms with E-state index in [1.807, 2.05) is 28.6 Å². The van der Waals surface area contributed by atoms with E-state index in [0.717, 1.165) is 17.2 Å². The molecule has 0 aliphatic rings. The highest BCUT2D eigenvalue weighted by molar-refractivity contribution is 7.89. The summed E-state index contributed by atoms with van der Waals surface area (Å²) >= 11 is 0. The molecule has 0 fully saturated rings. The van der Waals surface area contributed by atoms with Gasteiger partial charge in [0.25, 0.3) is 5.91 Å². The molecule has 0 spiro atoms. The highest BCUT2D eigenvalue weighted by atomic mass is 32.2. The Labute approximate surface area is 99.1 Å². The first-order valence-electron chi connectivity index (χ1n) is 4.94. The maximum absolute atomic E-state index is 11.8. The van der Waals surface area contributed by atoms with Gasteiger partial charge in [-0.2, -0.15) is 0 Å². The minimum atomic E-state index is -3.54. The van der Waals surface area contributed by atoms with Gasteiger partial charge in [0, 0.05) is 29.7 Å². The van der Waals surface area contributed by atoms with Gasteiger partial charge in [0.15, 0.2) is 0 Å². The molecule has 1 heterocycles. The number of carbonyl (C=O) groups excluding carboxylic acids is 1. The third-order valence-corrected chi connectivity index (χ3v) is 3.01. The Kier molecular flexibility index (Phi) is 2.66. The van der Waals surface area contributed by atoms with Crippen molar-refractivity contribution in [3.8, 4) is 0 Å². The number of sulfonamides is 1. The Morgan fingerprint density at radius 1 is 1.29 bits per heavy atom. The molecule has 1 aromatic carbocycles. The van der Waals surface area contributed by atoms with E-state index in [1.165, 1.54) is 0 Å². The van der Waals surface area contributed by atoms with Gasteiger partial charge in [-0.1, -0.05) is 6.07 Å². The number of nitrogens with zero attached hydrogens (tertiary/aromatic N) is 1. The van der Waals surface area contributed by atoms with Crippen LogP contribution in [0.2, 0.25) is 0 Å². The van der Waals surface area contributed by atoms with Crippen molar-refractivity contribution in [3.63, 3.8) is 0 Å². The lowest BCUT2D eigenvalue weighted by molar-refractivity contribution is 0.0983. The van der Waals surface area contributed by atoms with E-state index in [1.54, 1.807) is 18.2 Å². The molecule has 17 heavy (non-hydrogen) atoms. The molecule has 0 aliphatic carbocycles. The number of aryl methyl sites for hydroxylation is 1. The van der Waals surface area contributed by atoms with Gasteiger partial charge in [-0.05, 0) is 18.2 Å². The number of nitrogens with one attached hydrogen (secondary N) is 1. The van der Waals surface area contributed by atoms with Crippen molar-refractivity contribution in [1.82, 2.24) is 9.29 Å². The van der Waals surface area contributed by atoms with Crippen molar-refractivity contribution in [2.24, 2.45) is 7.05 Å². The van der Waals surface area contributed by atoms with Crippen molar-refractivity contribution in [2.45, 2.75) is 0 Å². The second-order valence-electron chi connectivity index (χ2n) is 3.87. The van der Waals surface area contributed by atoms with Crippen LogP contribution in [0.5, 0.6) is 0 Å². The zero-order chi connectivity index (χ0) is 12.6. The summed E-state index contributed by atoms with van der Waals surface area (Å²) in [5.41, 5.74) is 1.24. The lowest BCUT2D eigenvalue weighted by atomic mass is 10.1. The normalized spacial score (nSPS) is 11.6. The maximum atomic E-state index is 11.8. The van der Waals surface area contributed by atoms with Crippen molar-refractivity contribution in [3.05, 3.63) is 36.0 Å². The number of fused-ring (bicyclic) bond motifs is 1. The minimum Gasteiger partial charge on any atom is -0.351 e. The van der Waals surface area contributed by atoms with Crippen molar-refractivity contribution in [2.75, 3.05) is 6.26 Å². The first-order chi connectivity index (χ1) is 7.88. The third kappa shape index (κ3) is 2.31. The fraction of sp³-hybridized carbons (Fsp3) is 0.182. The molecule has 1 amide bonds. The molecule has 90 valence electrons. The molecule has 0 saturated heterocycles. The highest BCUT2D eigenvalue weighted by Gasteiger charge is 2.14. The van der Waals surface area contributed by atoms with Crippen molar-refractivity contribution in [1.29, 1.82) is 0 Å². The van der Waals surface area contributed by atoms with Crippen molar-refractivity contribution < 1.29 is 13.2 Å². The number of hydrogen-bond donors (Lipinski definition) is 1. The number of benzene rings is 1. The van der Waals surface area contributed by atoms with Crippen LogP contribution in [0.3, 0.4) is 0 Å². The zero-order valence-corrected chi connectivity index (χ0v) is 10.3. The van der Waals surface area contributed by atoms with E-state index in [-0.39, 0.29) is 0 Å². The molecule has 2 aromatic rings. The Hall–Kier alpha value is -1.82.